The van der Waals surface area contributed by atoms with Crippen molar-refractivity contribution in [3.8, 4) is 0 Å². The third-order valence-corrected chi connectivity index (χ3v) is 6.58. The van der Waals surface area contributed by atoms with Crippen molar-refractivity contribution in [1.82, 2.24) is 9.62 Å². The van der Waals surface area contributed by atoms with E-state index in [1.807, 2.05) is 6.92 Å². The van der Waals surface area contributed by atoms with E-state index in [1.165, 1.54) is 0 Å². The van der Waals surface area contributed by atoms with Crippen LogP contribution in [0.3, 0.4) is 0 Å². The number of nitrogens with one attached hydrogen (secondary N) is 1. The number of halogens is 1. The largest absolute Gasteiger partial charge is 0.452 e. The molecule has 1 saturated heterocycles. The average molecular weight is 379 g/mol. The number of hydrogen-bond donors (Lipinski definition) is 1. The van der Waals surface area contributed by atoms with E-state index in [1.54, 1.807) is 10.4 Å². The summed E-state index contributed by atoms with van der Waals surface area (Å²) in [6.07, 6.45) is 1.93. The first-order chi connectivity index (χ1) is 9.86. The molecule has 2 atom stereocenters. The molecule has 1 aliphatic heterocycles. The van der Waals surface area contributed by atoms with Crippen molar-refractivity contribution in [2.24, 2.45) is 5.92 Å². The van der Waals surface area contributed by atoms with Gasteiger partial charge in [0, 0.05) is 18.7 Å². The van der Waals surface area contributed by atoms with E-state index in [9.17, 15) is 8.42 Å². The minimum Gasteiger partial charge on any atom is -0.452 e. The number of hydrogen-bond acceptors (Lipinski definition) is 4. The fourth-order valence-corrected chi connectivity index (χ4v) is 5.50. The van der Waals surface area contributed by atoms with Gasteiger partial charge in [0.1, 0.15) is 10.7 Å². The zero-order valence-electron chi connectivity index (χ0n) is 12.7. The molecule has 1 aromatic heterocycles. The van der Waals surface area contributed by atoms with E-state index >= 15 is 0 Å². The van der Waals surface area contributed by atoms with Gasteiger partial charge in [0.05, 0.1) is 6.54 Å². The molecule has 5 nitrogen and oxygen atoms in total. The van der Waals surface area contributed by atoms with Gasteiger partial charge in [-0.25, -0.2) is 8.42 Å². The molecule has 1 aliphatic rings. The Morgan fingerprint density at radius 3 is 2.76 bits per heavy atom. The predicted molar refractivity (Wildman–Crippen MR) is 85.5 cm³/mol. The van der Waals surface area contributed by atoms with Crippen molar-refractivity contribution in [1.29, 1.82) is 0 Å². The minimum absolute atomic E-state index is 0.0356. The van der Waals surface area contributed by atoms with Gasteiger partial charge in [-0.1, -0.05) is 13.8 Å². The third-order valence-electron chi connectivity index (χ3n) is 3.75. The zero-order chi connectivity index (χ0) is 15.6. The summed E-state index contributed by atoms with van der Waals surface area (Å²) in [6, 6.07) is 1.66. The molecule has 0 aliphatic carbocycles. The highest BCUT2D eigenvalue weighted by molar-refractivity contribution is 9.10. The van der Waals surface area contributed by atoms with Gasteiger partial charge in [0.15, 0.2) is 4.67 Å². The molecule has 7 heteroatoms. The summed E-state index contributed by atoms with van der Waals surface area (Å²) < 4.78 is 32.9. The Balaban J connectivity index is 2.20. The molecule has 2 unspecified atom stereocenters. The molecule has 1 aromatic rings. The Hall–Kier alpha value is -0.370. The summed E-state index contributed by atoms with van der Waals surface area (Å²) in [5.74, 6) is 1.03. The standard InChI is InChI=1S/C14H23BrN2O3S/c1-4-5-16-8-12-7-13(14(15)20-12)21(18,19)17-9-10(2)6-11(17)3/h7,10-11,16H,4-6,8-9H2,1-3H3. The van der Waals surface area contributed by atoms with E-state index in [4.69, 9.17) is 4.42 Å². The van der Waals surface area contributed by atoms with Crippen LogP contribution in [0.2, 0.25) is 0 Å². The van der Waals surface area contributed by atoms with E-state index in [0.717, 1.165) is 19.4 Å². The monoisotopic (exact) mass is 378 g/mol. The van der Waals surface area contributed by atoms with E-state index in [0.29, 0.717) is 29.4 Å². The molecule has 0 spiro atoms. The van der Waals surface area contributed by atoms with Gasteiger partial charge in [-0.15, -0.1) is 0 Å². The van der Waals surface area contributed by atoms with Gasteiger partial charge >= 0.3 is 0 Å². The first-order valence-electron chi connectivity index (χ1n) is 7.37. The summed E-state index contributed by atoms with van der Waals surface area (Å²) in [7, 11) is -3.50. The molecule has 2 heterocycles. The molecule has 0 aromatic carbocycles. The van der Waals surface area contributed by atoms with Crippen molar-refractivity contribution in [2.45, 2.75) is 51.1 Å². The molecule has 120 valence electrons. The lowest BCUT2D eigenvalue weighted by Crippen LogP contribution is -2.34. The van der Waals surface area contributed by atoms with Crippen LogP contribution >= 0.6 is 15.9 Å². The second-order valence-corrected chi connectivity index (χ2v) is 8.37. The van der Waals surface area contributed by atoms with Crippen LogP contribution in [-0.2, 0) is 16.6 Å². The Kier molecular flexibility index (Phi) is 5.51. The van der Waals surface area contributed by atoms with Gasteiger partial charge in [-0.05, 0) is 48.2 Å². The van der Waals surface area contributed by atoms with Crippen molar-refractivity contribution < 1.29 is 12.8 Å². The molecule has 0 radical (unpaired) electrons. The molecule has 0 amide bonds. The second-order valence-electron chi connectivity index (χ2n) is 5.79. The Morgan fingerprint density at radius 2 is 2.19 bits per heavy atom. The molecule has 1 N–H and O–H groups in total. The minimum atomic E-state index is -3.50. The maximum absolute atomic E-state index is 12.8. The fraction of sp³-hybridized carbons (Fsp3) is 0.714. The summed E-state index contributed by atoms with van der Waals surface area (Å²) in [5.41, 5.74) is 0. The molecule has 0 bridgehead atoms. The van der Waals surface area contributed by atoms with Crippen LogP contribution in [0.25, 0.3) is 0 Å². The first kappa shape index (κ1) is 17.0. The topological polar surface area (TPSA) is 62.6 Å². The van der Waals surface area contributed by atoms with Crippen LogP contribution < -0.4 is 5.32 Å². The fourth-order valence-electron chi connectivity index (χ4n) is 2.77. The third kappa shape index (κ3) is 3.70. The summed E-state index contributed by atoms with van der Waals surface area (Å²) in [6.45, 7) is 8.10. The van der Waals surface area contributed by atoms with Crippen LogP contribution in [-0.4, -0.2) is 31.9 Å². The maximum atomic E-state index is 12.8. The summed E-state index contributed by atoms with van der Waals surface area (Å²) >= 11 is 3.24. The predicted octanol–water partition coefficient (Wildman–Crippen LogP) is 2.96. The maximum Gasteiger partial charge on any atom is 0.247 e. The lowest BCUT2D eigenvalue weighted by atomic mass is 10.1. The highest BCUT2D eigenvalue weighted by Gasteiger charge is 2.38. The first-order valence-corrected chi connectivity index (χ1v) is 9.60. The Morgan fingerprint density at radius 1 is 1.48 bits per heavy atom. The van der Waals surface area contributed by atoms with Crippen LogP contribution in [0.1, 0.15) is 39.4 Å². The van der Waals surface area contributed by atoms with Crippen LogP contribution in [0.5, 0.6) is 0 Å². The zero-order valence-corrected chi connectivity index (χ0v) is 15.1. The Labute approximate surface area is 135 Å². The SMILES string of the molecule is CCCNCc1cc(S(=O)(=O)N2CC(C)CC2C)c(Br)o1. The van der Waals surface area contributed by atoms with E-state index in [2.05, 4.69) is 35.1 Å². The second kappa shape index (κ2) is 6.81. The lowest BCUT2D eigenvalue weighted by Gasteiger charge is -2.20. The van der Waals surface area contributed by atoms with Crippen molar-refractivity contribution in [3.63, 3.8) is 0 Å². The number of rotatable bonds is 6. The molecule has 21 heavy (non-hydrogen) atoms. The Bertz CT molecular complexity index is 585. The molecule has 1 fully saturated rings. The van der Waals surface area contributed by atoms with Gasteiger partial charge in [0.2, 0.25) is 10.0 Å². The van der Waals surface area contributed by atoms with Crippen LogP contribution in [0.4, 0.5) is 0 Å². The van der Waals surface area contributed by atoms with Gasteiger partial charge in [-0.3, -0.25) is 0 Å². The van der Waals surface area contributed by atoms with Crippen LogP contribution in [0.15, 0.2) is 20.0 Å². The van der Waals surface area contributed by atoms with E-state index < -0.39 is 10.0 Å². The molecule has 0 saturated carbocycles. The van der Waals surface area contributed by atoms with E-state index in [-0.39, 0.29) is 10.9 Å². The number of nitrogens with zero attached hydrogens (tertiary/aromatic N) is 1. The summed E-state index contributed by atoms with van der Waals surface area (Å²) in [5, 5.41) is 3.21. The van der Waals surface area contributed by atoms with Gasteiger partial charge < -0.3 is 9.73 Å². The smallest absolute Gasteiger partial charge is 0.247 e. The quantitative estimate of drug-likeness (QED) is 0.772. The summed E-state index contributed by atoms with van der Waals surface area (Å²) in [4.78, 5) is 0.233. The van der Waals surface area contributed by atoms with Crippen LogP contribution in [0, 0.1) is 5.92 Å². The molecular weight excluding hydrogens is 356 g/mol. The van der Waals surface area contributed by atoms with Crippen molar-refractivity contribution in [3.05, 3.63) is 16.5 Å². The average Bonchev–Trinajstić information content (AvgIpc) is 2.93. The van der Waals surface area contributed by atoms with Gasteiger partial charge in [0.25, 0.3) is 0 Å². The number of sulfonamides is 1. The highest BCUT2D eigenvalue weighted by atomic mass is 79.9. The number of furan rings is 1. The molecular formula is C14H23BrN2O3S. The normalized spacial score (nSPS) is 23.8. The van der Waals surface area contributed by atoms with Crippen molar-refractivity contribution >= 4 is 26.0 Å². The highest BCUT2D eigenvalue weighted by Crippen LogP contribution is 2.34. The molecule has 2 rings (SSSR count). The van der Waals surface area contributed by atoms with Gasteiger partial charge in [-0.2, -0.15) is 4.31 Å². The van der Waals surface area contributed by atoms with Crippen molar-refractivity contribution in [2.75, 3.05) is 13.1 Å². The lowest BCUT2D eigenvalue weighted by molar-refractivity contribution is 0.403.